The van der Waals surface area contributed by atoms with E-state index in [1.54, 1.807) is 6.07 Å². The van der Waals surface area contributed by atoms with Crippen molar-refractivity contribution < 1.29 is 10.2 Å². The van der Waals surface area contributed by atoms with E-state index < -0.39 is 0 Å². The third-order valence-corrected chi connectivity index (χ3v) is 7.87. The van der Waals surface area contributed by atoms with Gasteiger partial charge in [-0.15, -0.1) is 0 Å². The van der Waals surface area contributed by atoms with Crippen LogP contribution in [0.5, 0.6) is 5.75 Å². The molecule has 3 aromatic rings. The van der Waals surface area contributed by atoms with Gasteiger partial charge >= 0.3 is 0 Å². The van der Waals surface area contributed by atoms with Crippen molar-refractivity contribution in [2.45, 2.75) is 85.5 Å². The van der Waals surface area contributed by atoms with Crippen molar-refractivity contribution in [1.82, 2.24) is 0 Å². The highest BCUT2D eigenvalue weighted by molar-refractivity contribution is 6.30. The Hall–Kier alpha value is -2.81. The zero-order valence-corrected chi connectivity index (χ0v) is 26.0. The number of aliphatic hydroxyl groups excluding tert-OH is 1. The average Bonchev–Trinajstić information content (AvgIpc) is 3.17. The minimum absolute atomic E-state index is 0.244. The molecule has 3 aromatic carbocycles. The first-order valence-corrected chi connectivity index (χ1v) is 15.3. The Morgan fingerprint density at radius 3 is 2.10 bits per heavy atom. The molecule has 1 aliphatic carbocycles. The number of hydrogen-bond acceptors (Lipinski definition) is 2. The second-order valence-corrected chi connectivity index (χ2v) is 10.9. The Kier molecular flexibility index (Phi) is 14.9. The molecule has 0 aromatic heterocycles. The molecule has 40 heavy (non-hydrogen) atoms. The number of phenolic OH excluding ortho intramolecular Hbond substituents is 1. The molecule has 1 aliphatic rings. The van der Waals surface area contributed by atoms with Crippen molar-refractivity contribution in [1.29, 1.82) is 0 Å². The SMILES string of the molecule is C=Cc1ccc2c(c1)CCCC(c1ccc(Cl)cc1O)=C2c1ccc(CC(CC)CCC)cc1.CCCC.CO. The molecule has 216 valence electrons. The van der Waals surface area contributed by atoms with E-state index in [2.05, 4.69) is 76.7 Å². The molecule has 0 fully saturated rings. The highest BCUT2D eigenvalue weighted by Crippen LogP contribution is 2.43. The van der Waals surface area contributed by atoms with Gasteiger partial charge in [0.05, 0.1) is 0 Å². The minimum Gasteiger partial charge on any atom is -0.507 e. The summed E-state index contributed by atoms with van der Waals surface area (Å²) < 4.78 is 0. The number of hydrogen-bond donors (Lipinski definition) is 2. The average molecular weight is 561 g/mol. The maximum absolute atomic E-state index is 10.8. The Bertz CT molecular complexity index is 1220. The van der Waals surface area contributed by atoms with Gasteiger partial charge in [-0.05, 0) is 88.8 Å². The molecule has 0 saturated heterocycles. The van der Waals surface area contributed by atoms with Crippen LogP contribution in [0.4, 0.5) is 0 Å². The van der Waals surface area contributed by atoms with E-state index in [1.165, 1.54) is 65.5 Å². The first-order chi connectivity index (χ1) is 19.4. The molecule has 1 atom stereocenters. The number of allylic oxidation sites excluding steroid dienone is 1. The van der Waals surface area contributed by atoms with Gasteiger partial charge in [0, 0.05) is 17.7 Å². The molecule has 0 amide bonds. The summed E-state index contributed by atoms with van der Waals surface area (Å²) in [5.41, 5.74) is 9.61. The molecule has 2 nitrogen and oxygen atoms in total. The van der Waals surface area contributed by atoms with E-state index in [0.717, 1.165) is 49.8 Å². The van der Waals surface area contributed by atoms with Crippen molar-refractivity contribution in [3.05, 3.63) is 106 Å². The van der Waals surface area contributed by atoms with Crippen molar-refractivity contribution in [3.8, 4) is 5.75 Å². The summed E-state index contributed by atoms with van der Waals surface area (Å²) in [6, 6.07) is 21.2. The number of aliphatic hydroxyl groups is 1. The molecule has 0 saturated carbocycles. The summed E-state index contributed by atoms with van der Waals surface area (Å²) in [5, 5.41) is 18.4. The Morgan fingerprint density at radius 2 is 1.52 bits per heavy atom. The number of unbranched alkanes of at least 4 members (excludes halogenated alkanes) is 1. The van der Waals surface area contributed by atoms with E-state index in [1.807, 2.05) is 18.2 Å². The van der Waals surface area contributed by atoms with Crippen LogP contribution in [-0.4, -0.2) is 17.3 Å². The fourth-order valence-electron chi connectivity index (χ4n) is 5.29. The lowest BCUT2D eigenvalue weighted by Gasteiger charge is -2.19. The summed E-state index contributed by atoms with van der Waals surface area (Å²) in [6.07, 6.45) is 12.4. The number of phenols is 1. The lowest BCUT2D eigenvalue weighted by atomic mass is 9.86. The highest BCUT2D eigenvalue weighted by atomic mass is 35.5. The molecule has 0 heterocycles. The normalized spacial score (nSPS) is 13.2. The molecule has 0 aliphatic heterocycles. The van der Waals surface area contributed by atoms with Crippen molar-refractivity contribution in [2.24, 2.45) is 5.92 Å². The molecular weight excluding hydrogens is 512 g/mol. The van der Waals surface area contributed by atoms with Crippen LogP contribution >= 0.6 is 11.6 Å². The van der Waals surface area contributed by atoms with Crippen LogP contribution in [0, 0.1) is 5.92 Å². The summed E-state index contributed by atoms with van der Waals surface area (Å²) in [4.78, 5) is 0. The molecule has 0 radical (unpaired) electrons. The standard InChI is InChI=1S/C32H35ClO.C4H10.CH4O/c1-4-8-22(5-2)19-24-11-14-25(15-12-24)32-28-17-13-23(6-3)20-26(28)9-7-10-30(32)29-18-16-27(33)21-31(29)34;1-3-4-2;1-2/h6,11-18,20-22,34H,3-5,7-10,19H2,1-2H3;3-4H2,1-2H3;2H,1H3. The summed E-state index contributed by atoms with van der Waals surface area (Å²) in [7, 11) is 1.00. The number of rotatable bonds is 9. The third kappa shape index (κ3) is 9.11. The smallest absolute Gasteiger partial charge is 0.124 e. The van der Waals surface area contributed by atoms with E-state index in [0.29, 0.717) is 5.02 Å². The Morgan fingerprint density at radius 1 is 0.850 bits per heavy atom. The zero-order valence-electron chi connectivity index (χ0n) is 25.3. The minimum atomic E-state index is 0.244. The van der Waals surface area contributed by atoms with Gasteiger partial charge in [-0.2, -0.15) is 0 Å². The molecule has 4 rings (SSSR count). The van der Waals surface area contributed by atoms with Crippen molar-refractivity contribution in [3.63, 3.8) is 0 Å². The monoisotopic (exact) mass is 560 g/mol. The number of fused-ring (bicyclic) bond motifs is 1. The fourth-order valence-corrected chi connectivity index (χ4v) is 5.46. The largest absolute Gasteiger partial charge is 0.507 e. The third-order valence-electron chi connectivity index (χ3n) is 7.64. The molecular formula is C37H49ClO2. The van der Waals surface area contributed by atoms with Gasteiger partial charge in [0.25, 0.3) is 0 Å². The predicted molar refractivity (Wildman–Crippen MR) is 176 cm³/mol. The second kappa shape index (κ2) is 17.8. The van der Waals surface area contributed by atoms with Gasteiger partial charge in [-0.1, -0.05) is 127 Å². The molecule has 1 unspecified atom stereocenters. The number of aromatic hydroxyl groups is 1. The highest BCUT2D eigenvalue weighted by Gasteiger charge is 2.22. The quantitative estimate of drug-likeness (QED) is 0.273. The van der Waals surface area contributed by atoms with Crippen molar-refractivity contribution >= 4 is 28.8 Å². The molecule has 0 spiro atoms. The first kappa shape index (κ1) is 33.4. The maximum Gasteiger partial charge on any atom is 0.124 e. The van der Waals surface area contributed by atoms with Crippen LogP contribution in [0.2, 0.25) is 5.02 Å². The van der Waals surface area contributed by atoms with Crippen LogP contribution < -0.4 is 0 Å². The van der Waals surface area contributed by atoms with Gasteiger partial charge in [0.15, 0.2) is 0 Å². The van der Waals surface area contributed by atoms with Crippen LogP contribution in [0.15, 0.2) is 67.2 Å². The van der Waals surface area contributed by atoms with Crippen LogP contribution in [0.1, 0.15) is 106 Å². The number of aryl methyl sites for hydroxylation is 1. The maximum atomic E-state index is 10.8. The van der Waals surface area contributed by atoms with Crippen LogP contribution in [0.25, 0.3) is 17.2 Å². The molecule has 2 N–H and O–H groups in total. The van der Waals surface area contributed by atoms with E-state index in [-0.39, 0.29) is 5.75 Å². The Balaban J connectivity index is 0.000000858. The van der Waals surface area contributed by atoms with Crippen molar-refractivity contribution in [2.75, 3.05) is 7.11 Å². The van der Waals surface area contributed by atoms with Gasteiger partial charge < -0.3 is 10.2 Å². The Labute approximate surface area is 248 Å². The van der Waals surface area contributed by atoms with Gasteiger partial charge in [0.2, 0.25) is 0 Å². The fraction of sp³-hybridized carbons (Fsp3) is 0.405. The first-order valence-electron chi connectivity index (χ1n) is 15.0. The number of halogens is 1. The second-order valence-electron chi connectivity index (χ2n) is 10.5. The topological polar surface area (TPSA) is 40.5 Å². The predicted octanol–water partition coefficient (Wildman–Crippen LogP) is 10.8. The van der Waals surface area contributed by atoms with Crippen LogP contribution in [-0.2, 0) is 12.8 Å². The summed E-state index contributed by atoms with van der Waals surface area (Å²) in [5.74, 6) is 0.987. The van der Waals surface area contributed by atoms with E-state index in [9.17, 15) is 5.11 Å². The lowest BCUT2D eigenvalue weighted by Crippen LogP contribution is -2.03. The number of benzene rings is 3. The molecule has 3 heteroatoms. The van der Waals surface area contributed by atoms with Gasteiger partial charge in [0.1, 0.15) is 5.75 Å². The summed E-state index contributed by atoms with van der Waals surface area (Å²) in [6.45, 7) is 12.9. The van der Waals surface area contributed by atoms with Gasteiger partial charge in [-0.3, -0.25) is 0 Å². The van der Waals surface area contributed by atoms with E-state index >= 15 is 0 Å². The summed E-state index contributed by atoms with van der Waals surface area (Å²) >= 11 is 6.16. The van der Waals surface area contributed by atoms with E-state index in [4.69, 9.17) is 16.7 Å². The lowest BCUT2D eigenvalue weighted by molar-refractivity contribution is 0.399. The van der Waals surface area contributed by atoms with Crippen LogP contribution in [0.3, 0.4) is 0 Å². The zero-order chi connectivity index (χ0) is 29.5. The van der Waals surface area contributed by atoms with Gasteiger partial charge in [-0.25, -0.2) is 0 Å². The molecule has 0 bridgehead atoms.